The van der Waals surface area contributed by atoms with Crippen molar-refractivity contribution in [1.29, 1.82) is 0 Å². The van der Waals surface area contributed by atoms with E-state index in [9.17, 15) is 9.59 Å². The number of aliphatic carboxylic acids is 1. The minimum absolute atomic E-state index is 0.222. The largest absolute Gasteiger partial charge is 0.480 e. The van der Waals surface area contributed by atoms with E-state index >= 15 is 0 Å². The predicted octanol–water partition coefficient (Wildman–Crippen LogP) is 2.31. The van der Waals surface area contributed by atoms with Gasteiger partial charge in [-0.2, -0.15) is 0 Å². The lowest BCUT2D eigenvalue weighted by Crippen LogP contribution is -2.19. The van der Waals surface area contributed by atoms with Gasteiger partial charge in [-0.3, -0.25) is 9.59 Å². The molecule has 2 aromatic rings. The zero-order chi connectivity index (χ0) is 14.8. The van der Waals surface area contributed by atoms with Crippen molar-refractivity contribution in [2.75, 3.05) is 5.32 Å². The summed E-state index contributed by atoms with van der Waals surface area (Å²) in [5, 5.41) is 11.7. The summed E-state index contributed by atoms with van der Waals surface area (Å²) in [6, 6.07) is 9.23. The van der Waals surface area contributed by atoms with Gasteiger partial charge in [-0.1, -0.05) is 6.07 Å². The highest BCUT2D eigenvalue weighted by Gasteiger charge is 2.15. The van der Waals surface area contributed by atoms with Crippen LogP contribution in [0.15, 0.2) is 36.5 Å². The average molecular weight is 284 g/mol. The molecule has 1 amide bonds. The number of anilines is 1. The molecule has 5 heteroatoms. The van der Waals surface area contributed by atoms with Gasteiger partial charge in [-0.05, 0) is 54.7 Å². The Kier molecular flexibility index (Phi) is 3.48. The summed E-state index contributed by atoms with van der Waals surface area (Å²) in [7, 11) is 0. The van der Waals surface area contributed by atoms with Crippen LogP contribution in [0.2, 0.25) is 0 Å². The topological polar surface area (TPSA) is 71.3 Å². The third kappa shape index (κ3) is 2.81. The lowest BCUT2D eigenvalue weighted by atomic mass is 10.1. The zero-order valence-corrected chi connectivity index (χ0v) is 11.5. The van der Waals surface area contributed by atoms with Crippen molar-refractivity contribution in [3.05, 3.63) is 53.3 Å². The molecule has 3 rings (SSSR count). The lowest BCUT2D eigenvalue weighted by molar-refractivity contribution is -0.137. The molecule has 0 fully saturated rings. The number of nitrogens with one attached hydrogen (secondary N) is 1. The van der Waals surface area contributed by atoms with Crippen molar-refractivity contribution in [2.24, 2.45) is 0 Å². The molecule has 21 heavy (non-hydrogen) atoms. The molecular weight excluding hydrogens is 268 g/mol. The Morgan fingerprint density at radius 1 is 1.19 bits per heavy atom. The van der Waals surface area contributed by atoms with Crippen LogP contribution in [-0.4, -0.2) is 21.6 Å². The first-order valence-corrected chi connectivity index (χ1v) is 6.93. The number of fused-ring (bicyclic) bond motifs is 1. The summed E-state index contributed by atoms with van der Waals surface area (Å²) in [5.41, 5.74) is 3.73. The fourth-order valence-corrected chi connectivity index (χ4v) is 2.75. The number of carboxylic acids is 1. The smallest absolute Gasteiger partial charge is 0.323 e. The van der Waals surface area contributed by atoms with Gasteiger partial charge in [0.15, 0.2) is 0 Å². The molecule has 1 heterocycles. The highest BCUT2D eigenvalue weighted by molar-refractivity contribution is 6.03. The second-order valence-corrected chi connectivity index (χ2v) is 5.21. The average Bonchev–Trinajstić information content (AvgIpc) is 3.06. The second kappa shape index (κ2) is 5.44. The Morgan fingerprint density at radius 3 is 2.81 bits per heavy atom. The first kappa shape index (κ1) is 13.4. The van der Waals surface area contributed by atoms with E-state index in [1.54, 1.807) is 18.3 Å². The van der Waals surface area contributed by atoms with Crippen LogP contribution < -0.4 is 5.32 Å². The summed E-state index contributed by atoms with van der Waals surface area (Å²) >= 11 is 0. The SMILES string of the molecule is O=C(O)Cn1cccc1C(=O)Nc1ccc2c(c1)CCC2. The number of hydrogen-bond donors (Lipinski definition) is 2. The highest BCUT2D eigenvalue weighted by atomic mass is 16.4. The van der Waals surface area contributed by atoms with Crippen LogP contribution in [0, 0.1) is 0 Å². The first-order chi connectivity index (χ1) is 10.1. The standard InChI is InChI=1S/C16H16N2O3/c19-15(20)10-18-8-2-5-14(18)16(21)17-13-7-6-11-3-1-4-12(11)9-13/h2,5-9H,1,3-4,10H2,(H,17,21)(H,19,20). The van der Waals surface area contributed by atoms with Crippen LogP contribution in [0.25, 0.3) is 0 Å². The molecule has 1 aliphatic rings. The molecule has 1 aliphatic carbocycles. The number of benzene rings is 1. The summed E-state index contributed by atoms with van der Waals surface area (Å²) in [5.74, 6) is -1.27. The van der Waals surface area contributed by atoms with Crippen molar-refractivity contribution >= 4 is 17.6 Å². The fourth-order valence-electron chi connectivity index (χ4n) is 2.75. The summed E-state index contributed by atoms with van der Waals surface area (Å²) in [6.45, 7) is -0.222. The van der Waals surface area contributed by atoms with Gasteiger partial charge in [0.25, 0.3) is 5.91 Å². The van der Waals surface area contributed by atoms with Gasteiger partial charge in [0.05, 0.1) is 0 Å². The molecule has 0 aliphatic heterocycles. The molecule has 0 unspecified atom stereocenters. The quantitative estimate of drug-likeness (QED) is 0.905. The van der Waals surface area contributed by atoms with E-state index in [2.05, 4.69) is 5.32 Å². The Bertz CT molecular complexity index is 703. The number of carboxylic acid groups (broad SMARTS) is 1. The molecule has 1 aromatic carbocycles. The van der Waals surface area contributed by atoms with Gasteiger partial charge >= 0.3 is 5.97 Å². The maximum Gasteiger partial charge on any atom is 0.323 e. The number of carbonyl (C=O) groups is 2. The molecule has 1 aromatic heterocycles. The van der Waals surface area contributed by atoms with Crippen molar-refractivity contribution in [2.45, 2.75) is 25.8 Å². The highest BCUT2D eigenvalue weighted by Crippen LogP contribution is 2.25. The fraction of sp³-hybridized carbons (Fsp3) is 0.250. The summed E-state index contributed by atoms with van der Waals surface area (Å²) in [6.07, 6.45) is 4.90. The zero-order valence-electron chi connectivity index (χ0n) is 11.5. The third-order valence-electron chi connectivity index (χ3n) is 3.72. The number of hydrogen-bond acceptors (Lipinski definition) is 2. The number of aromatic nitrogens is 1. The third-order valence-corrected chi connectivity index (χ3v) is 3.72. The maximum atomic E-state index is 12.3. The molecule has 0 saturated carbocycles. The van der Waals surface area contributed by atoms with E-state index in [0.29, 0.717) is 5.69 Å². The minimum atomic E-state index is -0.974. The second-order valence-electron chi connectivity index (χ2n) is 5.21. The molecular formula is C16H16N2O3. The number of carbonyl (C=O) groups excluding carboxylic acids is 1. The maximum absolute atomic E-state index is 12.3. The van der Waals surface area contributed by atoms with Crippen molar-refractivity contribution in [3.63, 3.8) is 0 Å². The van der Waals surface area contributed by atoms with Gasteiger partial charge in [-0.15, -0.1) is 0 Å². The summed E-state index contributed by atoms with van der Waals surface area (Å²) in [4.78, 5) is 23.0. The molecule has 0 radical (unpaired) electrons. The minimum Gasteiger partial charge on any atom is -0.480 e. The van der Waals surface area contributed by atoms with E-state index < -0.39 is 5.97 Å². The van der Waals surface area contributed by atoms with Gasteiger partial charge in [-0.25, -0.2) is 0 Å². The van der Waals surface area contributed by atoms with Crippen LogP contribution in [0.4, 0.5) is 5.69 Å². The van der Waals surface area contributed by atoms with Crippen LogP contribution in [-0.2, 0) is 24.2 Å². The number of aryl methyl sites for hydroxylation is 2. The van der Waals surface area contributed by atoms with E-state index in [1.807, 2.05) is 18.2 Å². The Balaban J connectivity index is 1.77. The van der Waals surface area contributed by atoms with Gasteiger partial charge in [0, 0.05) is 11.9 Å². The molecule has 0 saturated heterocycles. The van der Waals surface area contributed by atoms with E-state index in [-0.39, 0.29) is 12.5 Å². The van der Waals surface area contributed by atoms with E-state index in [1.165, 1.54) is 15.7 Å². The predicted molar refractivity (Wildman–Crippen MR) is 78.5 cm³/mol. The molecule has 2 N–H and O–H groups in total. The Morgan fingerprint density at radius 2 is 2.00 bits per heavy atom. The molecule has 5 nitrogen and oxygen atoms in total. The van der Waals surface area contributed by atoms with E-state index in [0.717, 1.165) is 24.9 Å². The van der Waals surface area contributed by atoms with Crippen LogP contribution >= 0.6 is 0 Å². The van der Waals surface area contributed by atoms with Crippen LogP contribution in [0.5, 0.6) is 0 Å². The van der Waals surface area contributed by atoms with Crippen LogP contribution in [0.3, 0.4) is 0 Å². The van der Waals surface area contributed by atoms with Crippen molar-refractivity contribution < 1.29 is 14.7 Å². The lowest BCUT2D eigenvalue weighted by Gasteiger charge is -2.09. The van der Waals surface area contributed by atoms with Gasteiger partial charge in [0.1, 0.15) is 12.2 Å². The first-order valence-electron chi connectivity index (χ1n) is 6.93. The monoisotopic (exact) mass is 284 g/mol. The molecule has 0 bridgehead atoms. The molecule has 108 valence electrons. The van der Waals surface area contributed by atoms with Crippen molar-refractivity contribution in [1.82, 2.24) is 4.57 Å². The molecule has 0 spiro atoms. The van der Waals surface area contributed by atoms with Crippen LogP contribution in [0.1, 0.15) is 28.0 Å². The summed E-state index contributed by atoms with van der Waals surface area (Å²) < 4.78 is 1.42. The Hall–Kier alpha value is -2.56. The van der Waals surface area contributed by atoms with Gasteiger partial charge in [0.2, 0.25) is 0 Å². The number of amides is 1. The normalized spacial score (nSPS) is 13.0. The van der Waals surface area contributed by atoms with Gasteiger partial charge < -0.3 is 15.0 Å². The van der Waals surface area contributed by atoms with Crippen molar-refractivity contribution in [3.8, 4) is 0 Å². The molecule has 0 atom stereocenters. The van der Waals surface area contributed by atoms with E-state index in [4.69, 9.17) is 5.11 Å². The number of nitrogens with zero attached hydrogens (tertiary/aromatic N) is 1. The number of rotatable bonds is 4. The Labute approximate surface area is 122 Å².